The maximum Gasteiger partial charge on any atom is 0.150 e. The molecular weight excluding hydrogens is 442 g/mol. The van der Waals surface area contributed by atoms with Gasteiger partial charge in [-0.25, -0.2) is 0 Å². The third-order valence-corrected chi connectivity index (χ3v) is 7.39. The van der Waals surface area contributed by atoms with Crippen LogP contribution in [-0.4, -0.2) is 46.3 Å². The van der Waals surface area contributed by atoms with E-state index in [2.05, 4.69) is 41.3 Å². The first kappa shape index (κ1) is 22.6. The highest BCUT2D eigenvalue weighted by Crippen LogP contribution is 2.47. The molecular formula is C29H29NO3S. The fourth-order valence-electron chi connectivity index (χ4n) is 4.62. The maximum atomic E-state index is 10.1. The average Bonchev–Trinajstić information content (AvgIpc) is 2.85. The van der Waals surface area contributed by atoms with Gasteiger partial charge >= 0.3 is 0 Å². The Morgan fingerprint density at radius 3 is 2.50 bits per heavy atom. The van der Waals surface area contributed by atoms with E-state index in [1.807, 2.05) is 36.9 Å². The number of hydrogen-bond acceptors (Lipinski definition) is 5. The first-order valence-electron chi connectivity index (χ1n) is 11.7. The topological polar surface area (TPSA) is 52.9 Å². The van der Waals surface area contributed by atoms with Crippen LogP contribution in [-0.2, 0) is 0 Å². The van der Waals surface area contributed by atoms with E-state index in [4.69, 9.17) is 4.74 Å². The Hall–Kier alpha value is -3.15. The van der Waals surface area contributed by atoms with Crippen LogP contribution in [0, 0.1) is 0 Å². The molecule has 2 N–H and O–H groups in total. The van der Waals surface area contributed by atoms with Gasteiger partial charge in [-0.3, -0.25) is 4.90 Å². The molecule has 1 atom stereocenters. The quantitative estimate of drug-likeness (QED) is 0.462. The summed E-state index contributed by atoms with van der Waals surface area (Å²) in [5.74, 6) is 3.61. The maximum absolute atomic E-state index is 10.1. The summed E-state index contributed by atoms with van der Waals surface area (Å²) in [4.78, 5) is 2.49. The molecule has 5 rings (SSSR count). The van der Waals surface area contributed by atoms with Gasteiger partial charge in [0.1, 0.15) is 23.4 Å². The van der Waals surface area contributed by atoms with E-state index in [0.29, 0.717) is 0 Å². The molecule has 0 spiro atoms. The van der Waals surface area contributed by atoms with Crippen LogP contribution in [0.15, 0.2) is 72.8 Å². The third-order valence-electron chi connectivity index (χ3n) is 6.45. The number of nitrogens with zero attached hydrogens (tertiary/aromatic N) is 1. The number of fused-ring (bicyclic) bond motifs is 1. The minimum atomic E-state index is -0.317. The van der Waals surface area contributed by atoms with Gasteiger partial charge in [-0.1, -0.05) is 48.6 Å². The Labute approximate surface area is 205 Å². The Morgan fingerprint density at radius 2 is 1.74 bits per heavy atom. The fourth-order valence-corrected chi connectivity index (χ4v) is 5.60. The van der Waals surface area contributed by atoms with Gasteiger partial charge in [-0.2, -0.15) is 11.8 Å². The Kier molecular flexibility index (Phi) is 6.66. The van der Waals surface area contributed by atoms with Crippen LogP contribution >= 0.6 is 11.8 Å². The summed E-state index contributed by atoms with van der Waals surface area (Å²) in [6, 6.07) is 20.9. The summed E-state index contributed by atoms with van der Waals surface area (Å²) in [6.07, 6.45) is 4.11. The second-order valence-electron chi connectivity index (χ2n) is 8.75. The zero-order valence-corrected chi connectivity index (χ0v) is 20.1. The van der Waals surface area contributed by atoms with Crippen molar-refractivity contribution in [2.24, 2.45) is 0 Å². The molecule has 1 fully saturated rings. The van der Waals surface area contributed by atoms with Gasteiger partial charge in [0.25, 0.3) is 0 Å². The van der Waals surface area contributed by atoms with Crippen LogP contribution in [0.4, 0.5) is 0 Å². The molecule has 3 aromatic carbocycles. The van der Waals surface area contributed by atoms with E-state index in [0.717, 1.165) is 58.8 Å². The van der Waals surface area contributed by atoms with Crippen molar-refractivity contribution in [3.8, 4) is 17.2 Å². The van der Waals surface area contributed by atoms with E-state index in [1.54, 1.807) is 24.3 Å². The van der Waals surface area contributed by atoms with Crippen LogP contribution in [0.2, 0.25) is 0 Å². The number of phenols is 2. The van der Waals surface area contributed by atoms with Crippen molar-refractivity contribution in [3.63, 3.8) is 0 Å². The van der Waals surface area contributed by atoms with Crippen LogP contribution in [0.1, 0.15) is 35.3 Å². The van der Waals surface area contributed by atoms with Gasteiger partial charge in [-0.15, -0.1) is 0 Å². The van der Waals surface area contributed by atoms with Gasteiger partial charge in [0.15, 0.2) is 0 Å². The lowest BCUT2D eigenvalue weighted by Gasteiger charge is -2.31. The molecule has 0 aliphatic carbocycles. The molecule has 4 nitrogen and oxygen atoms in total. The lowest BCUT2D eigenvalue weighted by molar-refractivity contribution is 0.259. The molecule has 174 valence electrons. The second-order valence-corrected chi connectivity index (χ2v) is 9.97. The van der Waals surface area contributed by atoms with Crippen LogP contribution in [0.25, 0.3) is 17.2 Å². The standard InChI is InChI=1S/C29H29NO3S/c1-20-26-19-25(32)11-12-27(26)33-29(28(20)23-5-2-6-24(31)18-23)22-9-7-21(8-10-22)4-3-13-30-14-16-34-17-15-30/h2-12,18-19,29,31-32H,13-17H2,1H3/b4-3+. The van der Waals surface area contributed by atoms with Crippen molar-refractivity contribution in [2.75, 3.05) is 31.1 Å². The number of aromatic hydroxyl groups is 2. The van der Waals surface area contributed by atoms with Crippen molar-refractivity contribution in [3.05, 3.63) is 95.1 Å². The van der Waals surface area contributed by atoms with Crippen molar-refractivity contribution in [1.82, 2.24) is 4.90 Å². The van der Waals surface area contributed by atoms with Crippen molar-refractivity contribution in [2.45, 2.75) is 13.0 Å². The first-order chi connectivity index (χ1) is 16.6. The number of phenolic OH excluding ortho intramolecular Hbond substituents is 2. The van der Waals surface area contributed by atoms with E-state index < -0.39 is 0 Å². The van der Waals surface area contributed by atoms with Gasteiger partial charge in [-0.05, 0) is 59.5 Å². The highest BCUT2D eigenvalue weighted by Gasteiger charge is 2.29. The van der Waals surface area contributed by atoms with Gasteiger partial charge in [0.2, 0.25) is 0 Å². The number of benzene rings is 3. The highest BCUT2D eigenvalue weighted by molar-refractivity contribution is 7.99. The highest BCUT2D eigenvalue weighted by atomic mass is 32.2. The summed E-state index contributed by atoms with van der Waals surface area (Å²) < 4.78 is 6.47. The van der Waals surface area contributed by atoms with Gasteiger partial charge < -0.3 is 14.9 Å². The molecule has 0 saturated carbocycles. The molecule has 1 saturated heterocycles. The number of hydrogen-bond donors (Lipinski definition) is 2. The molecule has 1 unspecified atom stereocenters. The minimum absolute atomic E-state index is 0.204. The fraction of sp³-hybridized carbons (Fsp3) is 0.241. The zero-order chi connectivity index (χ0) is 23.5. The van der Waals surface area contributed by atoms with Crippen molar-refractivity contribution < 1.29 is 14.9 Å². The Bertz CT molecular complexity index is 1230. The number of thioether (sulfide) groups is 1. The van der Waals surface area contributed by atoms with Crippen LogP contribution < -0.4 is 4.74 Å². The average molecular weight is 472 g/mol. The molecule has 5 heteroatoms. The van der Waals surface area contributed by atoms with Crippen LogP contribution in [0.3, 0.4) is 0 Å². The van der Waals surface area contributed by atoms with Crippen molar-refractivity contribution >= 4 is 29.0 Å². The van der Waals surface area contributed by atoms with E-state index in [1.165, 1.54) is 11.5 Å². The molecule has 0 amide bonds. The summed E-state index contributed by atoms with van der Waals surface area (Å²) >= 11 is 2.03. The summed E-state index contributed by atoms with van der Waals surface area (Å²) in [5.41, 5.74) is 5.99. The Morgan fingerprint density at radius 1 is 0.971 bits per heavy atom. The molecule has 0 aromatic heterocycles. The molecule has 2 heterocycles. The predicted molar refractivity (Wildman–Crippen MR) is 141 cm³/mol. The van der Waals surface area contributed by atoms with E-state index in [9.17, 15) is 10.2 Å². The number of rotatable bonds is 5. The normalized spacial score (nSPS) is 18.7. The number of ether oxygens (including phenoxy) is 1. The Balaban J connectivity index is 1.44. The monoisotopic (exact) mass is 471 g/mol. The zero-order valence-electron chi connectivity index (χ0n) is 19.3. The first-order valence-corrected chi connectivity index (χ1v) is 12.8. The second kappa shape index (κ2) is 10.00. The number of allylic oxidation sites excluding steroid dienone is 1. The smallest absolute Gasteiger partial charge is 0.150 e. The van der Waals surface area contributed by atoms with E-state index in [-0.39, 0.29) is 17.6 Å². The minimum Gasteiger partial charge on any atom is -0.508 e. The molecule has 2 aliphatic rings. The SMILES string of the molecule is CC1=C(c2cccc(O)c2)C(c2ccc(/C=C/CN3CCSCC3)cc2)Oc2ccc(O)cc21. The summed E-state index contributed by atoms with van der Waals surface area (Å²) in [6.45, 7) is 5.36. The molecule has 2 aliphatic heterocycles. The molecule has 3 aromatic rings. The summed E-state index contributed by atoms with van der Waals surface area (Å²) in [7, 11) is 0. The molecule has 0 radical (unpaired) electrons. The third kappa shape index (κ3) is 4.86. The summed E-state index contributed by atoms with van der Waals surface area (Å²) in [5, 5.41) is 20.2. The molecule has 34 heavy (non-hydrogen) atoms. The van der Waals surface area contributed by atoms with E-state index >= 15 is 0 Å². The van der Waals surface area contributed by atoms with Crippen molar-refractivity contribution in [1.29, 1.82) is 0 Å². The van der Waals surface area contributed by atoms with Gasteiger partial charge in [0, 0.05) is 42.3 Å². The predicted octanol–water partition coefficient (Wildman–Crippen LogP) is 6.22. The lowest BCUT2D eigenvalue weighted by atomic mass is 9.86. The lowest BCUT2D eigenvalue weighted by Crippen LogP contribution is -2.32. The van der Waals surface area contributed by atoms with Gasteiger partial charge in [0.05, 0.1) is 0 Å². The molecule has 0 bridgehead atoms. The largest absolute Gasteiger partial charge is 0.508 e. The van der Waals surface area contributed by atoms with Crippen LogP contribution in [0.5, 0.6) is 17.2 Å².